The average Bonchev–Trinajstić information content (AvgIpc) is 2.73. The van der Waals surface area contributed by atoms with E-state index in [4.69, 9.17) is 0 Å². The van der Waals surface area contributed by atoms with E-state index >= 15 is 0 Å². The van der Waals surface area contributed by atoms with Gasteiger partial charge in [-0.1, -0.05) is 11.3 Å². The van der Waals surface area contributed by atoms with Crippen LogP contribution in [0, 0.1) is 0 Å². The zero-order valence-electron chi connectivity index (χ0n) is 9.48. The first-order valence-electron chi connectivity index (χ1n) is 5.22. The van der Waals surface area contributed by atoms with Crippen molar-refractivity contribution in [3.63, 3.8) is 0 Å². The molecular weight excluding hydrogens is 384 g/mol. The van der Waals surface area contributed by atoms with Crippen molar-refractivity contribution in [1.29, 1.82) is 0 Å². The summed E-state index contributed by atoms with van der Waals surface area (Å²) in [5, 5.41) is 12.7. The largest absolute Gasteiger partial charge is 0.360 e. The Balaban J connectivity index is 2.25. The first-order valence-corrected chi connectivity index (χ1v) is 7.62. The quantitative estimate of drug-likeness (QED) is 0.867. The van der Waals surface area contributed by atoms with Crippen molar-refractivity contribution in [2.24, 2.45) is 0 Å². The number of anilines is 1. The minimum absolute atomic E-state index is 0.0848. The molecule has 0 aromatic carbocycles. The van der Waals surface area contributed by atoms with Crippen molar-refractivity contribution in [2.45, 2.75) is 13.5 Å². The van der Waals surface area contributed by atoms with Gasteiger partial charge in [0.25, 0.3) is 5.56 Å². The summed E-state index contributed by atoms with van der Waals surface area (Å²) in [5.41, 5.74) is -0.0848. The van der Waals surface area contributed by atoms with Crippen LogP contribution in [0.5, 0.6) is 0 Å². The molecule has 5 nitrogen and oxygen atoms in total. The molecule has 0 saturated carbocycles. The Hall–Kier alpha value is -0.730. The van der Waals surface area contributed by atoms with Crippen LogP contribution in [0.15, 0.2) is 26.0 Å². The fraction of sp³-hybridized carbons (Fsp3) is 0.300. The van der Waals surface area contributed by atoms with Gasteiger partial charge in [0.05, 0.1) is 11.0 Å². The van der Waals surface area contributed by atoms with Crippen LogP contribution in [-0.4, -0.2) is 21.3 Å². The van der Waals surface area contributed by atoms with Gasteiger partial charge >= 0.3 is 0 Å². The lowest BCUT2D eigenvalue weighted by Crippen LogP contribution is -2.20. The summed E-state index contributed by atoms with van der Waals surface area (Å²) < 4.78 is 2.95. The summed E-state index contributed by atoms with van der Waals surface area (Å²) in [7, 11) is 0. The van der Waals surface area contributed by atoms with E-state index < -0.39 is 0 Å². The minimum atomic E-state index is -0.0848. The highest BCUT2D eigenvalue weighted by molar-refractivity contribution is 9.11. The zero-order valence-corrected chi connectivity index (χ0v) is 13.5. The lowest BCUT2D eigenvalue weighted by molar-refractivity contribution is 0.737. The Morgan fingerprint density at radius 3 is 2.94 bits per heavy atom. The van der Waals surface area contributed by atoms with E-state index in [2.05, 4.69) is 47.4 Å². The molecule has 96 valence electrons. The van der Waals surface area contributed by atoms with Gasteiger partial charge in [-0.25, -0.2) is 0 Å². The predicted octanol–water partition coefficient (Wildman–Crippen LogP) is 2.70. The molecule has 0 bridgehead atoms. The van der Waals surface area contributed by atoms with Crippen LogP contribution in [0.4, 0.5) is 5.13 Å². The predicted molar refractivity (Wildman–Crippen MR) is 79.3 cm³/mol. The van der Waals surface area contributed by atoms with Gasteiger partial charge in [0.2, 0.25) is 5.13 Å². The van der Waals surface area contributed by atoms with E-state index in [0.717, 1.165) is 21.2 Å². The second kappa shape index (κ2) is 5.94. The van der Waals surface area contributed by atoms with Gasteiger partial charge in [0.1, 0.15) is 5.01 Å². The molecule has 8 heteroatoms. The monoisotopic (exact) mass is 392 g/mol. The van der Waals surface area contributed by atoms with E-state index in [0.29, 0.717) is 11.0 Å². The summed E-state index contributed by atoms with van der Waals surface area (Å²) in [6.07, 6.45) is 1.74. The van der Waals surface area contributed by atoms with E-state index in [1.54, 1.807) is 16.8 Å². The van der Waals surface area contributed by atoms with E-state index in [-0.39, 0.29) is 5.56 Å². The fourth-order valence-electron chi connectivity index (χ4n) is 1.37. The van der Waals surface area contributed by atoms with Gasteiger partial charge in [0.15, 0.2) is 0 Å². The van der Waals surface area contributed by atoms with Gasteiger partial charge < -0.3 is 9.88 Å². The Morgan fingerprint density at radius 2 is 2.22 bits per heavy atom. The van der Waals surface area contributed by atoms with Crippen molar-refractivity contribution in [3.8, 4) is 0 Å². The van der Waals surface area contributed by atoms with Crippen LogP contribution in [-0.2, 0) is 6.54 Å². The molecule has 0 atom stereocenters. The van der Waals surface area contributed by atoms with Gasteiger partial charge in [-0.05, 0) is 44.8 Å². The van der Waals surface area contributed by atoms with Crippen LogP contribution in [0.3, 0.4) is 0 Å². The number of aromatic nitrogens is 3. The smallest absolute Gasteiger partial charge is 0.265 e. The Bertz CT molecular complexity index is 610. The number of halogens is 2. The highest BCUT2D eigenvalue weighted by Gasteiger charge is 2.08. The molecule has 0 spiro atoms. The third-order valence-corrected chi connectivity index (χ3v) is 3.98. The van der Waals surface area contributed by atoms with Crippen LogP contribution >= 0.6 is 43.2 Å². The molecule has 0 radical (unpaired) electrons. The molecule has 0 fully saturated rings. The Kier molecular flexibility index (Phi) is 4.52. The number of pyridine rings is 1. The molecule has 0 aliphatic carbocycles. The second-order valence-electron chi connectivity index (χ2n) is 3.47. The lowest BCUT2D eigenvalue weighted by Gasteiger charge is -2.04. The first kappa shape index (κ1) is 13.7. The molecule has 2 aromatic heterocycles. The Labute approximate surface area is 125 Å². The van der Waals surface area contributed by atoms with Crippen LogP contribution in [0.2, 0.25) is 0 Å². The molecule has 0 aliphatic heterocycles. The third kappa shape index (κ3) is 3.18. The van der Waals surface area contributed by atoms with Gasteiger partial charge in [-0.3, -0.25) is 4.79 Å². The minimum Gasteiger partial charge on any atom is -0.360 e. The summed E-state index contributed by atoms with van der Waals surface area (Å²) in [5.74, 6) is 0. The number of nitrogens with one attached hydrogen (secondary N) is 1. The maximum Gasteiger partial charge on any atom is 0.265 e. The normalized spacial score (nSPS) is 10.6. The lowest BCUT2D eigenvalue weighted by atomic mass is 10.4. The maximum atomic E-state index is 11.9. The highest BCUT2D eigenvalue weighted by Crippen LogP contribution is 2.17. The number of hydrogen-bond donors (Lipinski definition) is 1. The number of hydrogen-bond acceptors (Lipinski definition) is 5. The van der Waals surface area contributed by atoms with E-state index in [1.165, 1.54) is 11.3 Å². The first-order chi connectivity index (χ1) is 8.60. The van der Waals surface area contributed by atoms with E-state index in [1.807, 2.05) is 6.92 Å². The molecule has 0 unspecified atom stereocenters. The van der Waals surface area contributed by atoms with Crippen molar-refractivity contribution < 1.29 is 0 Å². The van der Waals surface area contributed by atoms with Crippen molar-refractivity contribution >= 4 is 48.3 Å². The van der Waals surface area contributed by atoms with Crippen molar-refractivity contribution in [1.82, 2.24) is 14.8 Å². The summed E-state index contributed by atoms with van der Waals surface area (Å²) in [4.78, 5) is 11.9. The van der Waals surface area contributed by atoms with Crippen LogP contribution < -0.4 is 10.9 Å². The van der Waals surface area contributed by atoms with Gasteiger partial charge in [-0.2, -0.15) is 0 Å². The summed E-state index contributed by atoms with van der Waals surface area (Å²) >= 11 is 8.04. The topological polar surface area (TPSA) is 59.8 Å². The van der Waals surface area contributed by atoms with Crippen LogP contribution in [0.1, 0.15) is 11.9 Å². The third-order valence-electron chi connectivity index (χ3n) is 2.11. The number of nitrogens with zero attached hydrogens (tertiary/aromatic N) is 3. The maximum absolute atomic E-state index is 11.9. The highest BCUT2D eigenvalue weighted by atomic mass is 79.9. The SMILES string of the molecule is CCNc1nnc(Cn2cc(Br)cc(Br)c2=O)s1. The molecule has 18 heavy (non-hydrogen) atoms. The molecule has 2 aromatic rings. The fourth-order valence-corrected chi connectivity index (χ4v) is 3.43. The molecule has 2 heterocycles. The number of rotatable bonds is 4. The van der Waals surface area contributed by atoms with Gasteiger partial charge in [-0.15, -0.1) is 10.2 Å². The van der Waals surface area contributed by atoms with Crippen molar-refractivity contribution in [2.75, 3.05) is 11.9 Å². The molecule has 0 saturated heterocycles. The van der Waals surface area contributed by atoms with Gasteiger partial charge in [0, 0.05) is 17.2 Å². The van der Waals surface area contributed by atoms with E-state index in [9.17, 15) is 4.79 Å². The second-order valence-corrected chi connectivity index (χ2v) is 6.30. The summed E-state index contributed by atoms with van der Waals surface area (Å²) in [6.45, 7) is 3.22. The van der Waals surface area contributed by atoms with Crippen molar-refractivity contribution in [3.05, 3.63) is 36.6 Å². The average molecular weight is 394 g/mol. The van der Waals surface area contributed by atoms with Crippen LogP contribution in [0.25, 0.3) is 0 Å². The molecule has 2 rings (SSSR count). The molecule has 0 amide bonds. The summed E-state index contributed by atoms with van der Waals surface area (Å²) in [6, 6.07) is 1.73. The standard InChI is InChI=1S/C10H10Br2N4OS/c1-2-13-10-15-14-8(18-10)5-16-4-6(11)3-7(12)9(16)17/h3-4H,2,5H2,1H3,(H,13,15). The molecule has 0 aliphatic rings. The molecule has 1 N–H and O–H groups in total. The Morgan fingerprint density at radius 1 is 1.44 bits per heavy atom. The zero-order chi connectivity index (χ0) is 13.1. The molecular formula is C10H10Br2N4OS.